The molecule has 0 fully saturated rings. The summed E-state index contributed by atoms with van der Waals surface area (Å²) >= 11 is 7.34. The van der Waals surface area contributed by atoms with E-state index >= 15 is 0 Å². The molecule has 68 valence electrons. The second-order valence-corrected chi connectivity index (χ2v) is 4.39. The number of hydrogen-bond acceptors (Lipinski definition) is 3. The zero-order valence-electron chi connectivity index (χ0n) is 7.01. The number of nitrogens with two attached hydrogens (primary N) is 1. The lowest BCUT2D eigenvalue weighted by Gasteiger charge is -2.07. The fourth-order valence-electron chi connectivity index (χ4n) is 0.970. The molecule has 1 heterocycles. The summed E-state index contributed by atoms with van der Waals surface area (Å²) in [6, 6.07) is 4.00. The van der Waals surface area contributed by atoms with Gasteiger partial charge in [0.2, 0.25) is 0 Å². The van der Waals surface area contributed by atoms with Crippen LogP contribution in [0.25, 0.3) is 0 Å². The molecule has 4 heteroatoms. The molecule has 0 spiro atoms. The molecule has 1 aromatic rings. The largest absolute Gasteiger partial charge is 0.323 e. The van der Waals surface area contributed by atoms with Crippen molar-refractivity contribution < 1.29 is 0 Å². The van der Waals surface area contributed by atoms with Crippen molar-refractivity contribution in [3.05, 3.63) is 21.3 Å². The predicted octanol–water partition coefficient (Wildman–Crippen LogP) is 2.01. The minimum Gasteiger partial charge on any atom is -0.323 e. The summed E-state index contributed by atoms with van der Waals surface area (Å²) in [6.07, 6.45) is 0.952. The van der Waals surface area contributed by atoms with Gasteiger partial charge >= 0.3 is 0 Å². The Labute approximate surface area is 81.7 Å². The van der Waals surface area contributed by atoms with Crippen LogP contribution in [0.15, 0.2) is 12.1 Å². The Hall–Kier alpha value is -0.0900. The fraction of sp³-hybridized carbons (Fsp3) is 0.500. The first kappa shape index (κ1) is 9.99. The van der Waals surface area contributed by atoms with Crippen molar-refractivity contribution in [2.24, 2.45) is 5.73 Å². The van der Waals surface area contributed by atoms with Gasteiger partial charge in [0.15, 0.2) is 0 Å². The Kier molecular flexibility index (Phi) is 4.01. The normalized spacial score (nSPS) is 13.2. The highest BCUT2D eigenvalue weighted by molar-refractivity contribution is 7.16. The number of halogens is 1. The summed E-state index contributed by atoms with van der Waals surface area (Å²) in [5.74, 6) is 0. The van der Waals surface area contributed by atoms with Crippen LogP contribution >= 0.6 is 22.9 Å². The Morgan fingerprint density at radius 3 is 2.92 bits per heavy atom. The number of rotatable bonds is 4. The van der Waals surface area contributed by atoms with E-state index in [9.17, 15) is 0 Å². The molecule has 0 aliphatic carbocycles. The Morgan fingerprint density at radius 1 is 1.67 bits per heavy atom. The standard InChI is InChI=1S/C8H13ClN2S/c1-11-5-4-6(10)7-2-3-8(9)12-7/h2-3,6,11H,4-5,10H2,1H3. The SMILES string of the molecule is CNCCC(N)c1ccc(Cl)s1. The maximum absolute atomic E-state index is 5.91. The molecule has 0 aliphatic rings. The fourth-order valence-corrected chi connectivity index (χ4v) is 2.07. The second kappa shape index (κ2) is 4.82. The minimum atomic E-state index is 0.120. The molecule has 12 heavy (non-hydrogen) atoms. The zero-order valence-corrected chi connectivity index (χ0v) is 8.58. The smallest absolute Gasteiger partial charge is 0.0931 e. The van der Waals surface area contributed by atoms with Gasteiger partial charge in [-0.3, -0.25) is 0 Å². The Balaban J connectivity index is 2.47. The van der Waals surface area contributed by atoms with E-state index in [1.54, 1.807) is 11.3 Å². The molecule has 3 N–H and O–H groups in total. The van der Waals surface area contributed by atoms with E-state index in [0.717, 1.165) is 22.2 Å². The first-order valence-electron chi connectivity index (χ1n) is 3.89. The van der Waals surface area contributed by atoms with E-state index < -0.39 is 0 Å². The van der Waals surface area contributed by atoms with Gasteiger partial charge in [-0.05, 0) is 32.1 Å². The van der Waals surface area contributed by atoms with E-state index in [0.29, 0.717) is 0 Å². The Morgan fingerprint density at radius 2 is 2.42 bits per heavy atom. The van der Waals surface area contributed by atoms with Crippen LogP contribution in [0.2, 0.25) is 4.34 Å². The van der Waals surface area contributed by atoms with E-state index in [-0.39, 0.29) is 6.04 Å². The molecule has 0 saturated heterocycles. The molecule has 1 rings (SSSR count). The van der Waals surface area contributed by atoms with Crippen molar-refractivity contribution in [1.29, 1.82) is 0 Å². The molecular formula is C8H13ClN2S. The predicted molar refractivity (Wildman–Crippen MR) is 54.8 cm³/mol. The van der Waals surface area contributed by atoms with Crippen molar-refractivity contribution in [1.82, 2.24) is 5.32 Å². The van der Waals surface area contributed by atoms with Crippen molar-refractivity contribution in [3.63, 3.8) is 0 Å². The van der Waals surface area contributed by atoms with Gasteiger partial charge in [0.1, 0.15) is 0 Å². The van der Waals surface area contributed by atoms with Gasteiger partial charge in [-0.2, -0.15) is 0 Å². The summed E-state index contributed by atoms with van der Waals surface area (Å²) in [6.45, 7) is 0.941. The van der Waals surface area contributed by atoms with Crippen molar-refractivity contribution in [3.8, 4) is 0 Å². The number of nitrogens with one attached hydrogen (secondary N) is 1. The first-order valence-corrected chi connectivity index (χ1v) is 5.09. The third-order valence-corrected chi connectivity index (χ3v) is 3.03. The van der Waals surface area contributed by atoms with Crippen LogP contribution < -0.4 is 11.1 Å². The molecule has 1 atom stereocenters. The van der Waals surface area contributed by atoms with Gasteiger partial charge in [0.25, 0.3) is 0 Å². The molecule has 0 amide bonds. The second-order valence-electron chi connectivity index (χ2n) is 2.64. The van der Waals surface area contributed by atoms with Crippen molar-refractivity contribution in [2.45, 2.75) is 12.5 Å². The van der Waals surface area contributed by atoms with Crippen LogP contribution in [0.3, 0.4) is 0 Å². The average Bonchev–Trinajstić information content (AvgIpc) is 2.47. The highest BCUT2D eigenvalue weighted by atomic mass is 35.5. The molecule has 0 aromatic carbocycles. The molecular weight excluding hydrogens is 192 g/mol. The van der Waals surface area contributed by atoms with Crippen LogP contribution in [-0.4, -0.2) is 13.6 Å². The van der Waals surface area contributed by atoms with Crippen LogP contribution in [0, 0.1) is 0 Å². The highest BCUT2D eigenvalue weighted by Crippen LogP contribution is 2.26. The van der Waals surface area contributed by atoms with E-state index in [2.05, 4.69) is 5.32 Å². The average molecular weight is 205 g/mol. The molecule has 2 nitrogen and oxygen atoms in total. The lowest BCUT2D eigenvalue weighted by molar-refractivity contribution is 0.623. The molecule has 0 aliphatic heterocycles. The molecule has 0 radical (unpaired) electrons. The molecule has 0 bridgehead atoms. The van der Waals surface area contributed by atoms with Crippen LogP contribution in [0.1, 0.15) is 17.3 Å². The van der Waals surface area contributed by atoms with Gasteiger partial charge in [0, 0.05) is 10.9 Å². The van der Waals surface area contributed by atoms with E-state index in [1.807, 2.05) is 19.2 Å². The lowest BCUT2D eigenvalue weighted by atomic mass is 10.2. The monoisotopic (exact) mass is 204 g/mol. The van der Waals surface area contributed by atoms with Gasteiger partial charge in [-0.15, -0.1) is 11.3 Å². The quantitative estimate of drug-likeness (QED) is 0.788. The number of hydrogen-bond donors (Lipinski definition) is 2. The van der Waals surface area contributed by atoms with Crippen LogP contribution in [0.5, 0.6) is 0 Å². The summed E-state index contributed by atoms with van der Waals surface area (Å²) in [5.41, 5.74) is 5.91. The maximum Gasteiger partial charge on any atom is 0.0931 e. The Bertz CT molecular complexity index is 237. The minimum absolute atomic E-state index is 0.120. The molecule has 1 aromatic heterocycles. The van der Waals surface area contributed by atoms with Gasteiger partial charge in [0.05, 0.1) is 4.34 Å². The third-order valence-electron chi connectivity index (χ3n) is 1.66. The highest BCUT2D eigenvalue weighted by Gasteiger charge is 2.07. The molecule has 1 unspecified atom stereocenters. The zero-order chi connectivity index (χ0) is 8.97. The first-order chi connectivity index (χ1) is 5.74. The summed E-state index contributed by atoms with van der Waals surface area (Å²) in [4.78, 5) is 1.16. The number of thiophene rings is 1. The van der Waals surface area contributed by atoms with Crippen molar-refractivity contribution >= 4 is 22.9 Å². The topological polar surface area (TPSA) is 38.0 Å². The van der Waals surface area contributed by atoms with E-state index in [1.165, 1.54) is 0 Å². The van der Waals surface area contributed by atoms with E-state index in [4.69, 9.17) is 17.3 Å². The van der Waals surface area contributed by atoms with Gasteiger partial charge in [-0.25, -0.2) is 0 Å². The molecule has 0 saturated carbocycles. The summed E-state index contributed by atoms with van der Waals surface area (Å²) in [5, 5.41) is 3.07. The summed E-state index contributed by atoms with van der Waals surface area (Å²) in [7, 11) is 1.92. The van der Waals surface area contributed by atoms with Crippen LogP contribution in [-0.2, 0) is 0 Å². The third kappa shape index (κ3) is 2.75. The van der Waals surface area contributed by atoms with Gasteiger partial charge in [-0.1, -0.05) is 11.6 Å². The van der Waals surface area contributed by atoms with Crippen molar-refractivity contribution in [2.75, 3.05) is 13.6 Å². The summed E-state index contributed by atoms with van der Waals surface area (Å²) < 4.78 is 0.810. The van der Waals surface area contributed by atoms with Gasteiger partial charge < -0.3 is 11.1 Å². The maximum atomic E-state index is 5.91. The van der Waals surface area contributed by atoms with Crippen LogP contribution in [0.4, 0.5) is 0 Å². The lowest BCUT2D eigenvalue weighted by Crippen LogP contribution is -2.16.